The van der Waals surface area contributed by atoms with Gasteiger partial charge in [-0.3, -0.25) is 0 Å². The molecule has 1 N–H and O–H groups in total. The summed E-state index contributed by atoms with van der Waals surface area (Å²) < 4.78 is 28.8. The van der Waals surface area contributed by atoms with Crippen molar-refractivity contribution in [3.63, 3.8) is 0 Å². The summed E-state index contributed by atoms with van der Waals surface area (Å²) in [6.45, 7) is 3.16. The van der Waals surface area contributed by atoms with E-state index < -0.39 is 21.1 Å². The summed E-state index contributed by atoms with van der Waals surface area (Å²) in [6.07, 6.45) is 2.31. The van der Waals surface area contributed by atoms with Gasteiger partial charge in [-0.2, -0.15) is 0 Å². The summed E-state index contributed by atoms with van der Waals surface area (Å²) in [5.74, 6) is -0.947. The Morgan fingerprint density at radius 1 is 1.43 bits per heavy atom. The number of rotatable bonds is 7. The van der Waals surface area contributed by atoms with Crippen molar-refractivity contribution in [2.24, 2.45) is 0 Å². The minimum atomic E-state index is -3.20. The summed E-state index contributed by atoms with van der Waals surface area (Å²) in [4.78, 5) is 10.5. The molecule has 21 heavy (non-hydrogen) atoms. The van der Waals surface area contributed by atoms with Gasteiger partial charge in [0.1, 0.15) is 12.4 Å². The van der Waals surface area contributed by atoms with Crippen molar-refractivity contribution in [2.75, 3.05) is 12.4 Å². The quantitative estimate of drug-likeness (QED) is 0.776. The number of carbonyl (C=O) groups is 1. The fourth-order valence-corrected chi connectivity index (χ4v) is 2.49. The largest absolute Gasteiger partial charge is 0.490 e. The first-order valence-corrected chi connectivity index (χ1v) is 8.37. The molecule has 0 aromatic heterocycles. The van der Waals surface area contributed by atoms with E-state index in [1.54, 1.807) is 32.0 Å². The summed E-state index contributed by atoms with van der Waals surface area (Å²) >= 11 is 6.00. The second-order valence-electron chi connectivity index (χ2n) is 4.59. The average Bonchev–Trinajstić information content (AvgIpc) is 2.38. The summed E-state index contributed by atoms with van der Waals surface area (Å²) in [5, 5.41) is 8.46. The van der Waals surface area contributed by atoms with Crippen molar-refractivity contribution in [3.8, 4) is 5.75 Å². The van der Waals surface area contributed by atoms with Crippen molar-refractivity contribution >= 4 is 33.5 Å². The molecule has 0 saturated carbocycles. The van der Waals surface area contributed by atoms with Crippen LogP contribution in [0.4, 0.5) is 0 Å². The maximum atomic E-state index is 11.7. The Morgan fingerprint density at radius 2 is 2.10 bits per heavy atom. The lowest BCUT2D eigenvalue weighted by Gasteiger charge is -2.12. The predicted octanol–water partition coefficient (Wildman–Crippen LogP) is 2.64. The Balaban J connectivity index is 2.86. The number of hydrogen-bond acceptors (Lipinski definition) is 4. The molecule has 0 aliphatic carbocycles. The van der Waals surface area contributed by atoms with Gasteiger partial charge >= 0.3 is 5.97 Å². The van der Waals surface area contributed by atoms with Crippen molar-refractivity contribution in [3.05, 3.63) is 34.9 Å². The summed E-state index contributed by atoms with van der Waals surface area (Å²) in [5.41, 5.74) is 0.479. The first-order valence-electron chi connectivity index (χ1n) is 6.28. The third-order valence-electron chi connectivity index (χ3n) is 2.74. The number of carboxylic acids is 1. The number of carboxylic acid groups (broad SMARTS) is 1. The molecule has 0 aliphatic heterocycles. The maximum Gasteiger partial charge on any atom is 0.328 e. The third kappa shape index (κ3) is 5.40. The van der Waals surface area contributed by atoms with E-state index in [1.165, 1.54) is 6.08 Å². The molecule has 116 valence electrons. The zero-order chi connectivity index (χ0) is 16.0. The number of hydrogen-bond donors (Lipinski definition) is 1. The molecule has 1 aromatic carbocycles. The molecule has 0 unspecified atom stereocenters. The van der Waals surface area contributed by atoms with E-state index in [-0.39, 0.29) is 18.1 Å². The van der Waals surface area contributed by atoms with E-state index in [9.17, 15) is 13.2 Å². The van der Waals surface area contributed by atoms with Crippen LogP contribution in [-0.2, 0) is 14.6 Å². The van der Waals surface area contributed by atoms with Gasteiger partial charge in [-0.15, -0.1) is 0 Å². The lowest BCUT2D eigenvalue weighted by molar-refractivity contribution is -0.131. The van der Waals surface area contributed by atoms with Crippen molar-refractivity contribution < 1.29 is 23.1 Å². The Kier molecular flexibility index (Phi) is 6.23. The molecule has 0 heterocycles. The van der Waals surface area contributed by atoms with Gasteiger partial charge in [-0.1, -0.05) is 23.7 Å². The molecule has 0 atom stereocenters. The monoisotopic (exact) mass is 332 g/mol. The molecule has 5 nitrogen and oxygen atoms in total. The molecule has 0 aliphatic rings. The van der Waals surface area contributed by atoms with Gasteiger partial charge in [0.25, 0.3) is 0 Å². The van der Waals surface area contributed by atoms with Crippen LogP contribution in [0.5, 0.6) is 5.75 Å². The van der Waals surface area contributed by atoms with Crippen LogP contribution in [-0.4, -0.2) is 37.1 Å². The molecule has 0 bridgehead atoms. The molecule has 1 aromatic rings. The minimum absolute atomic E-state index is 0.0435. The molecule has 0 fully saturated rings. The summed E-state index contributed by atoms with van der Waals surface area (Å²) in [7, 11) is -3.20. The van der Waals surface area contributed by atoms with Gasteiger partial charge in [0.15, 0.2) is 9.84 Å². The molecule has 0 amide bonds. The third-order valence-corrected chi connectivity index (χ3v) is 5.21. The normalized spacial score (nSPS) is 12.0. The first-order chi connectivity index (χ1) is 9.74. The Morgan fingerprint density at radius 3 is 2.67 bits per heavy atom. The van der Waals surface area contributed by atoms with E-state index in [1.807, 2.05) is 0 Å². The number of halogens is 1. The topological polar surface area (TPSA) is 80.7 Å². The average molecular weight is 333 g/mol. The van der Waals surface area contributed by atoms with E-state index in [2.05, 4.69) is 0 Å². The van der Waals surface area contributed by atoms with Gasteiger partial charge in [0.05, 0.1) is 16.0 Å². The fraction of sp³-hybridized carbons (Fsp3) is 0.357. The Bertz CT molecular complexity index is 635. The maximum absolute atomic E-state index is 11.7. The van der Waals surface area contributed by atoms with Crippen LogP contribution in [0.15, 0.2) is 24.3 Å². The number of ether oxygens (including phenoxy) is 1. The van der Waals surface area contributed by atoms with Crippen LogP contribution < -0.4 is 4.74 Å². The molecule has 0 saturated heterocycles. The zero-order valence-corrected chi connectivity index (χ0v) is 13.3. The lowest BCUT2D eigenvalue weighted by atomic mass is 10.2. The van der Waals surface area contributed by atoms with Crippen LogP contribution in [0.2, 0.25) is 5.02 Å². The zero-order valence-electron chi connectivity index (χ0n) is 11.7. The van der Waals surface area contributed by atoms with Gasteiger partial charge in [0, 0.05) is 11.6 Å². The fourth-order valence-electron chi connectivity index (χ4n) is 1.47. The molecule has 0 radical (unpaired) electrons. The Hall–Kier alpha value is -1.53. The number of aliphatic carboxylic acids is 1. The summed E-state index contributed by atoms with van der Waals surface area (Å²) in [6, 6.07) is 4.88. The molecular weight excluding hydrogens is 316 g/mol. The van der Waals surface area contributed by atoms with E-state index >= 15 is 0 Å². The minimum Gasteiger partial charge on any atom is -0.490 e. The van der Waals surface area contributed by atoms with E-state index in [0.717, 1.165) is 6.08 Å². The predicted molar refractivity (Wildman–Crippen MR) is 82.5 cm³/mol. The molecular formula is C14H17ClO5S. The smallest absolute Gasteiger partial charge is 0.328 e. The van der Waals surface area contributed by atoms with Crippen LogP contribution in [0.3, 0.4) is 0 Å². The van der Waals surface area contributed by atoms with Gasteiger partial charge < -0.3 is 9.84 Å². The SMILES string of the molecule is CC(C)S(=O)(=O)CCOc1c(Cl)cccc1/C=C/C(=O)O. The second-order valence-corrected chi connectivity index (χ2v) is 7.68. The highest BCUT2D eigenvalue weighted by molar-refractivity contribution is 7.91. The molecule has 0 spiro atoms. The van der Waals surface area contributed by atoms with Gasteiger partial charge in [0.2, 0.25) is 0 Å². The number of benzene rings is 1. The number of sulfone groups is 1. The highest BCUT2D eigenvalue weighted by Gasteiger charge is 2.16. The highest BCUT2D eigenvalue weighted by Crippen LogP contribution is 2.29. The van der Waals surface area contributed by atoms with E-state index in [4.69, 9.17) is 21.4 Å². The standard InChI is InChI=1S/C14H17ClO5S/c1-10(2)21(18,19)9-8-20-14-11(6-7-13(16)17)4-3-5-12(14)15/h3-7,10H,8-9H2,1-2H3,(H,16,17)/b7-6+. The van der Waals surface area contributed by atoms with Crippen LogP contribution in [0, 0.1) is 0 Å². The lowest BCUT2D eigenvalue weighted by Crippen LogP contribution is -2.22. The van der Waals surface area contributed by atoms with Gasteiger partial charge in [-0.05, 0) is 26.0 Å². The number of para-hydroxylation sites is 1. The van der Waals surface area contributed by atoms with Crippen LogP contribution >= 0.6 is 11.6 Å². The molecule has 7 heteroatoms. The highest BCUT2D eigenvalue weighted by atomic mass is 35.5. The van der Waals surface area contributed by atoms with Gasteiger partial charge in [-0.25, -0.2) is 13.2 Å². The second kappa shape index (κ2) is 7.47. The van der Waals surface area contributed by atoms with Crippen molar-refractivity contribution in [2.45, 2.75) is 19.1 Å². The Labute approximate surface area is 129 Å². The van der Waals surface area contributed by atoms with Crippen molar-refractivity contribution in [1.29, 1.82) is 0 Å². The molecule has 1 rings (SSSR count). The first kappa shape index (κ1) is 17.5. The van der Waals surface area contributed by atoms with Crippen LogP contribution in [0.25, 0.3) is 6.08 Å². The van der Waals surface area contributed by atoms with Crippen molar-refractivity contribution in [1.82, 2.24) is 0 Å². The van der Waals surface area contributed by atoms with E-state index in [0.29, 0.717) is 10.6 Å². The van der Waals surface area contributed by atoms with Crippen LogP contribution in [0.1, 0.15) is 19.4 Å².